The first kappa shape index (κ1) is 25.4. The van der Waals surface area contributed by atoms with E-state index in [2.05, 4.69) is 13.8 Å². The summed E-state index contributed by atoms with van der Waals surface area (Å²) in [6.07, 6.45) is 0.617. The second-order valence-corrected chi connectivity index (χ2v) is 6.21. The highest BCUT2D eigenvalue weighted by Gasteiger charge is 2.33. The van der Waals surface area contributed by atoms with Crippen LogP contribution in [0.3, 0.4) is 0 Å². The third-order valence-electron chi connectivity index (χ3n) is 4.21. The lowest BCUT2D eigenvalue weighted by molar-refractivity contribution is -0.0361. The SMILES string of the molecule is CC.CC.CCC.COc1cccc(C2CC(O)Oc3cc4c(cc32)OCO4)c1O. The van der Waals surface area contributed by atoms with Gasteiger partial charge in [0.1, 0.15) is 5.75 Å². The number of hydrogen-bond donors (Lipinski definition) is 2. The number of fused-ring (bicyclic) bond motifs is 2. The maximum Gasteiger partial charge on any atom is 0.231 e. The molecule has 0 aromatic heterocycles. The van der Waals surface area contributed by atoms with Crippen LogP contribution in [0.1, 0.15) is 71.4 Å². The van der Waals surface area contributed by atoms with Gasteiger partial charge in [-0.25, -0.2) is 0 Å². The van der Waals surface area contributed by atoms with Crippen molar-refractivity contribution in [3.63, 3.8) is 0 Å². The molecule has 0 aliphatic carbocycles. The summed E-state index contributed by atoms with van der Waals surface area (Å²) in [6.45, 7) is 12.4. The molecule has 2 aromatic carbocycles. The van der Waals surface area contributed by atoms with Crippen molar-refractivity contribution in [1.29, 1.82) is 0 Å². The molecular formula is C24H36O6. The Morgan fingerprint density at radius 1 is 0.967 bits per heavy atom. The fraction of sp³-hybridized carbons (Fsp3) is 0.500. The standard InChI is InChI=1S/C17H16O6.C3H8.2C2H6/c1-20-12-4-2-3-9(17(12)19)10-6-16(18)23-13-7-15-14(5-11(10)13)21-8-22-15;1-3-2;2*1-2/h2-5,7,10,16,18-19H,6,8H2,1H3;3H2,1-2H3;2*1-2H3. The van der Waals surface area contributed by atoms with Crippen LogP contribution in [-0.4, -0.2) is 30.4 Å². The fourth-order valence-electron chi connectivity index (χ4n) is 3.12. The zero-order chi connectivity index (χ0) is 22.7. The highest BCUT2D eigenvalue weighted by atomic mass is 16.7. The van der Waals surface area contributed by atoms with E-state index in [1.807, 2.05) is 45.9 Å². The minimum absolute atomic E-state index is 0.0673. The number of phenols is 1. The monoisotopic (exact) mass is 420 g/mol. The van der Waals surface area contributed by atoms with E-state index in [0.717, 1.165) is 5.56 Å². The maximum absolute atomic E-state index is 10.4. The van der Waals surface area contributed by atoms with Crippen molar-refractivity contribution in [2.75, 3.05) is 13.9 Å². The summed E-state index contributed by atoms with van der Waals surface area (Å²) in [5.74, 6) is 1.98. The Morgan fingerprint density at radius 2 is 1.57 bits per heavy atom. The zero-order valence-corrected chi connectivity index (χ0v) is 19.2. The quantitative estimate of drug-likeness (QED) is 0.636. The lowest BCUT2D eigenvalue weighted by atomic mass is 9.85. The summed E-state index contributed by atoms with van der Waals surface area (Å²) < 4.78 is 21.5. The highest BCUT2D eigenvalue weighted by molar-refractivity contribution is 5.58. The summed E-state index contributed by atoms with van der Waals surface area (Å²) in [7, 11) is 1.50. The van der Waals surface area contributed by atoms with Gasteiger partial charge in [-0.1, -0.05) is 60.1 Å². The van der Waals surface area contributed by atoms with Gasteiger partial charge in [-0.05, 0) is 12.1 Å². The van der Waals surface area contributed by atoms with E-state index in [1.54, 1.807) is 12.1 Å². The molecule has 4 rings (SSSR count). The van der Waals surface area contributed by atoms with Crippen LogP contribution < -0.4 is 18.9 Å². The molecule has 2 atom stereocenters. The predicted molar refractivity (Wildman–Crippen MR) is 119 cm³/mol. The number of aromatic hydroxyl groups is 1. The van der Waals surface area contributed by atoms with Crippen LogP contribution in [0.25, 0.3) is 0 Å². The Bertz CT molecular complexity index is 775. The number of phenolic OH excluding ortho intramolecular Hbond substituents is 1. The molecule has 30 heavy (non-hydrogen) atoms. The molecule has 2 aromatic rings. The lowest BCUT2D eigenvalue weighted by Gasteiger charge is -2.30. The Labute approximate surface area is 180 Å². The summed E-state index contributed by atoms with van der Waals surface area (Å²) in [5.41, 5.74) is 1.51. The molecule has 6 heteroatoms. The number of aliphatic hydroxyl groups is 1. The minimum atomic E-state index is -0.960. The first-order chi connectivity index (χ1) is 14.6. The molecule has 6 nitrogen and oxygen atoms in total. The third kappa shape index (κ3) is 5.72. The number of aliphatic hydroxyl groups excluding tert-OH is 1. The summed E-state index contributed by atoms with van der Waals surface area (Å²) in [6, 6.07) is 8.86. The van der Waals surface area contributed by atoms with Crippen LogP contribution in [0, 0.1) is 0 Å². The third-order valence-corrected chi connectivity index (χ3v) is 4.21. The lowest BCUT2D eigenvalue weighted by Crippen LogP contribution is -2.25. The Balaban J connectivity index is 0.000000579. The van der Waals surface area contributed by atoms with Crippen molar-refractivity contribution in [2.45, 2.75) is 66.6 Å². The van der Waals surface area contributed by atoms with Crippen LogP contribution >= 0.6 is 0 Å². The average molecular weight is 421 g/mol. The van der Waals surface area contributed by atoms with Crippen LogP contribution in [0.2, 0.25) is 0 Å². The molecule has 0 bridgehead atoms. The maximum atomic E-state index is 10.4. The van der Waals surface area contributed by atoms with Crippen molar-refractivity contribution >= 4 is 0 Å². The Hall–Kier alpha value is -2.60. The van der Waals surface area contributed by atoms with Gasteiger partial charge in [0.25, 0.3) is 0 Å². The number of hydrogen-bond acceptors (Lipinski definition) is 6. The fourth-order valence-corrected chi connectivity index (χ4v) is 3.12. The molecule has 0 saturated carbocycles. The molecule has 2 aliphatic heterocycles. The largest absolute Gasteiger partial charge is 0.504 e. The van der Waals surface area contributed by atoms with Crippen LogP contribution in [0.5, 0.6) is 28.7 Å². The van der Waals surface area contributed by atoms with Gasteiger partial charge < -0.3 is 29.2 Å². The number of rotatable bonds is 2. The normalized spacial score (nSPS) is 17.5. The van der Waals surface area contributed by atoms with Crippen LogP contribution in [0.4, 0.5) is 0 Å². The second kappa shape index (κ2) is 12.9. The van der Waals surface area contributed by atoms with E-state index in [-0.39, 0.29) is 18.5 Å². The van der Waals surface area contributed by atoms with Gasteiger partial charge in [0.15, 0.2) is 29.3 Å². The Morgan fingerprint density at radius 3 is 2.17 bits per heavy atom. The molecule has 2 aliphatic rings. The van der Waals surface area contributed by atoms with E-state index >= 15 is 0 Å². The first-order valence-electron chi connectivity index (χ1n) is 10.7. The van der Waals surface area contributed by atoms with E-state index in [0.29, 0.717) is 35.0 Å². The van der Waals surface area contributed by atoms with Crippen molar-refractivity contribution in [2.24, 2.45) is 0 Å². The highest BCUT2D eigenvalue weighted by Crippen LogP contribution is 2.49. The Kier molecular flexibility index (Phi) is 10.9. The van der Waals surface area contributed by atoms with Gasteiger partial charge in [-0.3, -0.25) is 0 Å². The summed E-state index contributed by atoms with van der Waals surface area (Å²) in [4.78, 5) is 0. The van der Waals surface area contributed by atoms with E-state index in [1.165, 1.54) is 13.5 Å². The van der Waals surface area contributed by atoms with Crippen LogP contribution in [-0.2, 0) is 0 Å². The van der Waals surface area contributed by atoms with Crippen molar-refractivity contribution in [3.05, 3.63) is 41.5 Å². The molecule has 2 unspecified atom stereocenters. The minimum Gasteiger partial charge on any atom is -0.504 e. The number of para-hydroxylation sites is 1. The number of methoxy groups -OCH3 is 1. The molecule has 0 fully saturated rings. The van der Waals surface area contributed by atoms with E-state index in [9.17, 15) is 10.2 Å². The predicted octanol–water partition coefficient (Wildman–Crippen LogP) is 5.83. The molecule has 2 heterocycles. The molecule has 0 saturated heterocycles. The number of ether oxygens (including phenoxy) is 4. The molecular weight excluding hydrogens is 384 g/mol. The molecule has 168 valence electrons. The van der Waals surface area contributed by atoms with Crippen molar-refractivity contribution in [1.82, 2.24) is 0 Å². The molecule has 2 N–H and O–H groups in total. The molecule has 0 spiro atoms. The second-order valence-electron chi connectivity index (χ2n) is 6.21. The smallest absolute Gasteiger partial charge is 0.231 e. The van der Waals surface area contributed by atoms with Gasteiger partial charge in [0, 0.05) is 29.5 Å². The van der Waals surface area contributed by atoms with Gasteiger partial charge in [-0.2, -0.15) is 0 Å². The van der Waals surface area contributed by atoms with Gasteiger partial charge in [0.05, 0.1) is 7.11 Å². The molecule has 0 amide bonds. The van der Waals surface area contributed by atoms with Gasteiger partial charge in [0.2, 0.25) is 6.79 Å². The topological polar surface area (TPSA) is 77.4 Å². The summed E-state index contributed by atoms with van der Waals surface area (Å²) >= 11 is 0. The first-order valence-corrected chi connectivity index (χ1v) is 10.7. The van der Waals surface area contributed by atoms with Crippen molar-refractivity contribution < 1.29 is 29.2 Å². The van der Waals surface area contributed by atoms with Gasteiger partial charge >= 0.3 is 0 Å². The number of benzene rings is 2. The zero-order valence-electron chi connectivity index (χ0n) is 19.2. The molecule has 0 radical (unpaired) electrons. The van der Waals surface area contributed by atoms with E-state index < -0.39 is 6.29 Å². The van der Waals surface area contributed by atoms with Crippen LogP contribution in [0.15, 0.2) is 30.3 Å². The summed E-state index contributed by atoms with van der Waals surface area (Å²) in [5, 5.41) is 20.5. The average Bonchev–Trinajstić information content (AvgIpc) is 3.23. The van der Waals surface area contributed by atoms with E-state index in [4.69, 9.17) is 18.9 Å². The van der Waals surface area contributed by atoms with Gasteiger partial charge in [-0.15, -0.1) is 0 Å². The van der Waals surface area contributed by atoms with Crippen molar-refractivity contribution in [3.8, 4) is 28.7 Å².